The lowest BCUT2D eigenvalue weighted by molar-refractivity contribution is -0.106. The van der Waals surface area contributed by atoms with Crippen LogP contribution in [0, 0.1) is 0 Å². The van der Waals surface area contributed by atoms with E-state index in [4.69, 9.17) is 28.4 Å². The zero-order chi connectivity index (χ0) is 34.4. The molecule has 4 aromatic rings. The van der Waals surface area contributed by atoms with Gasteiger partial charge in [0.05, 0.1) is 30.1 Å². The third kappa shape index (κ3) is 7.85. The summed E-state index contributed by atoms with van der Waals surface area (Å²) in [4.78, 5) is -0.195. The molecule has 3 unspecified atom stereocenters. The van der Waals surface area contributed by atoms with E-state index in [1.54, 1.807) is 12.1 Å². The second kappa shape index (κ2) is 15.5. The highest BCUT2D eigenvalue weighted by Gasteiger charge is 2.40. The third-order valence-electron chi connectivity index (χ3n) is 9.60. The molecule has 7 rings (SSSR count). The van der Waals surface area contributed by atoms with Crippen molar-refractivity contribution in [2.24, 2.45) is 0 Å². The quantitative estimate of drug-likeness (QED) is 0.123. The summed E-state index contributed by atoms with van der Waals surface area (Å²) in [5.74, 6) is 1.96. The van der Waals surface area contributed by atoms with Crippen molar-refractivity contribution in [2.45, 2.75) is 87.0 Å². The summed E-state index contributed by atoms with van der Waals surface area (Å²) in [6.45, 7) is 1.97. The van der Waals surface area contributed by atoms with Gasteiger partial charge in [0.15, 0.2) is 18.9 Å². The van der Waals surface area contributed by atoms with Crippen molar-refractivity contribution in [3.8, 4) is 17.2 Å². The SMILES string of the molecule is O=S(=O)(O)c1ccc(C(c2cccc(OC3CCCCO3)c2)(c2cccc(OC3CCCCO3)c2)c2cccc(OC3CCCCO3)c2)cc1. The van der Waals surface area contributed by atoms with Gasteiger partial charge in [-0.2, -0.15) is 8.42 Å². The minimum atomic E-state index is -4.43. The molecule has 0 aliphatic carbocycles. The van der Waals surface area contributed by atoms with E-state index in [1.165, 1.54) is 12.1 Å². The van der Waals surface area contributed by atoms with Crippen molar-refractivity contribution in [2.75, 3.05) is 19.8 Å². The second-order valence-corrected chi connectivity index (χ2v) is 14.5. The molecular weight excluding hydrogens is 656 g/mol. The van der Waals surface area contributed by atoms with Crippen LogP contribution < -0.4 is 14.2 Å². The van der Waals surface area contributed by atoms with E-state index in [2.05, 4.69) is 0 Å². The molecule has 10 heteroatoms. The Morgan fingerprint density at radius 1 is 0.520 bits per heavy atom. The zero-order valence-electron chi connectivity index (χ0n) is 28.1. The van der Waals surface area contributed by atoms with Gasteiger partial charge in [-0.1, -0.05) is 48.5 Å². The molecule has 3 atom stereocenters. The standard InChI is InChI=1S/C40H44O9S/c41-50(42,43)36-21-19-29(20-22-36)40(30-10-7-13-33(26-30)47-37-16-1-4-23-44-37,31-11-8-14-34(27-31)48-38-17-2-5-24-45-38)32-12-9-15-35(28-32)49-39-18-3-6-25-46-39/h7-15,19-22,26-28,37-39H,1-6,16-18,23-25H2,(H,41,42,43). The molecule has 0 bridgehead atoms. The van der Waals surface area contributed by atoms with Crippen LogP contribution in [0.2, 0.25) is 0 Å². The van der Waals surface area contributed by atoms with Crippen LogP contribution in [0.15, 0.2) is 102 Å². The fourth-order valence-corrected chi connectivity index (χ4v) is 7.63. The van der Waals surface area contributed by atoms with E-state index >= 15 is 0 Å². The Kier molecular flexibility index (Phi) is 10.7. The Balaban J connectivity index is 1.41. The Morgan fingerprint density at radius 2 is 0.900 bits per heavy atom. The first-order valence-corrected chi connectivity index (χ1v) is 19.1. The summed E-state index contributed by atoms with van der Waals surface area (Å²) in [6, 6.07) is 30.2. The molecule has 1 N–H and O–H groups in total. The van der Waals surface area contributed by atoms with Crippen LogP contribution in [0.5, 0.6) is 17.2 Å². The van der Waals surface area contributed by atoms with Crippen LogP contribution in [0.25, 0.3) is 0 Å². The molecular formula is C40H44O9S. The Labute approximate surface area is 294 Å². The van der Waals surface area contributed by atoms with Crippen molar-refractivity contribution < 1.29 is 41.4 Å². The Hall–Kier alpha value is -3.93. The first-order chi connectivity index (χ1) is 24.4. The Morgan fingerprint density at radius 3 is 1.22 bits per heavy atom. The predicted molar refractivity (Wildman–Crippen MR) is 187 cm³/mol. The van der Waals surface area contributed by atoms with Crippen LogP contribution in [-0.4, -0.2) is 51.7 Å². The van der Waals surface area contributed by atoms with E-state index in [9.17, 15) is 13.0 Å². The molecule has 50 heavy (non-hydrogen) atoms. The van der Waals surface area contributed by atoms with Crippen LogP contribution in [-0.2, 0) is 29.7 Å². The van der Waals surface area contributed by atoms with Crippen LogP contribution in [0.4, 0.5) is 0 Å². The fraction of sp³-hybridized carbons (Fsp3) is 0.400. The average Bonchev–Trinajstić information content (AvgIpc) is 3.14. The molecule has 264 valence electrons. The summed E-state index contributed by atoms with van der Waals surface area (Å²) in [6.07, 6.45) is 7.50. The van der Waals surface area contributed by atoms with Crippen molar-refractivity contribution in [1.82, 2.24) is 0 Å². The van der Waals surface area contributed by atoms with Gasteiger partial charge in [-0.05, 0) is 109 Å². The van der Waals surface area contributed by atoms with Gasteiger partial charge >= 0.3 is 0 Å². The van der Waals surface area contributed by atoms with E-state index in [-0.39, 0.29) is 23.8 Å². The van der Waals surface area contributed by atoms with Gasteiger partial charge in [-0.25, -0.2) is 0 Å². The lowest BCUT2D eigenvalue weighted by Crippen LogP contribution is -2.32. The Bertz CT molecular complexity index is 1670. The maximum atomic E-state index is 12.2. The molecule has 0 aromatic heterocycles. The lowest BCUT2D eigenvalue weighted by atomic mass is 9.65. The minimum absolute atomic E-state index is 0.195. The smallest absolute Gasteiger partial charge is 0.294 e. The summed E-state index contributed by atoms with van der Waals surface area (Å²) in [7, 11) is -4.43. The molecule has 0 amide bonds. The van der Waals surface area contributed by atoms with Gasteiger partial charge in [-0.3, -0.25) is 4.55 Å². The molecule has 3 fully saturated rings. The van der Waals surface area contributed by atoms with Crippen molar-refractivity contribution in [3.63, 3.8) is 0 Å². The number of hydrogen-bond donors (Lipinski definition) is 1. The topological polar surface area (TPSA) is 110 Å². The highest BCUT2D eigenvalue weighted by Crippen LogP contribution is 2.48. The molecule has 9 nitrogen and oxygen atoms in total. The molecule has 4 aromatic carbocycles. The number of rotatable bonds is 11. The summed E-state index contributed by atoms with van der Waals surface area (Å²) >= 11 is 0. The first kappa shape index (κ1) is 34.5. The molecule has 3 heterocycles. The molecule has 0 saturated carbocycles. The highest BCUT2D eigenvalue weighted by molar-refractivity contribution is 7.85. The second-order valence-electron chi connectivity index (χ2n) is 13.1. The van der Waals surface area contributed by atoms with Gasteiger partial charge in [0.1, 0.15) is 17.2 Å². The van der Waals surface area contributed by atoms with E-state index in [0.717, 1.165) is 80.0 Å². The monoisotopic (exact) mass is 700 g/mol. The van der Waals surface area contributed by atoms with Gasteiger partial charge in [0, 0.05) is 19.3 Å². The van der Waals surface area contributed by atoms with E-state index in [0.29, 0.717) is 37.1 Å². The van der Waals surface area contributed by atoms with Gasteiger partial charge in [0.25, 0.3) is 10.1 Å². The summed E-state index contributed by atoms with van der Waals surface area (Å²) < 4.78 is 71.2. The minimum Gasteiger partial charge on any atom is -0.465 e. The maximum Gasteiger partial charge on any atom is 0.294 e. The number of hydrogen-bond acceptors (Lipinski definition) is 8. The number of benzene rings is 4. The van der Waals surface area contributed by atoms with Crippen LogP contribution in [0.1, 0.15) is 80.0 Å². The normalized spacial score (nSPS) is 22.6. The maximum absolute atomic E-state index is 12.2. The van der Waals surface area contributed by atoms with Crippen molar-refractivity contribution in [1.29, 1.82) is 0 Å². The average molecular weight is 701 g/mol. The van der Waals surface area contributed by atoms with Crippen LogP contribution in [0.3, 0.4) is 0 Å². The zero-order valence-corrected chi connectivity index (χ0v) is 28.9. The summed E-state index contributed by atoms with van der Waals surface area (Å²) in [5.41, 5.74) is 2.31. The van der Waals surface area contributed by atoms with E-state index < -0.39 is 15.5 Å². The molecule has 3 saturated heterocycles. The molecule has 3 aliphatic rings. The first-order valence-electron chi connectivity index (χ1n) is 17.6. The van der Waals surface area contributed by atoms with Gasteiger partial charge in [-0.15, -0.1) is 0 Å². The summed E-state index contributed by atoms with van der Waals surface area (Å²) in [5, 5.41) is 0. The van der Waals surface area contributed by atoms with Gasteiger partial charge < -0.3 is 28.4 Å². The molecule has 3 aliphatic heterocycles. The lowest BCUT2D eigenvalue weighted by Gasteiger charge is -2.38. The van der Waals surface area contributed by atoms with Crippen molar-refractivity contribution >= 4 is 10.1 Å². The van der Waals surface area contributed by atoms with E-state index in [1.807, 2.05) is 72.8 Å². The molecule has 0 radical (unpaired) electrons. The fourth-order valence-electron chi connectivity index (χ4n) is 7.15. The predicted octanol–water partition coefficient (Wildman–Crippen LogP) is 8.03. The third-order valence-corrected chi connectivity index (χ3v) is 10.5. The highest BCUT2D eigenvalue weighted by atomic mass is 32.2. The van der Waals surface area contributed by atoms with Crippen LogP contribution >= 0.6 is 0 Å². The molecule has 0 spiro atoms. The van der Waals surface area contributed by atoms with Gasteiger partial charge in [0.2, 0.25) is 0 Å². The largest absolute Gasteiger partial charge is 0.465 e. The van der Waals surface area contributed by atoms with Crippen molar-refractivity contribution in [3.05, 3.63) is 119 Å². The number of ether oxygens (including phenoxy) is 6.